The van der Waals surface area contributed by atoms with Crippen LogP contribution in [0.5, 0.6) is 0 Å². The lowest BCUT2D eigenvalue weighted by Crippen LogP contribution is -2.10. The molecule has 4 heteroatoms. The third-order valence-electron chi connectivity index (χ3n) is 2.75. The molecule has 0 fully saturated rings. The molecule has 4 nitrogen and oxygen atoms in total. The van der Waals surface area contributed by atoms with Crippen molar-refractivity contribution in [1.29, 1.82) is 0 Å². The zero-order chi connectivity index (χ0) is 11.8. The van der Waals surface area contributed by atoms with Crippen molar-refractivity contribution in [3.8, 4) is 11.3 Å². The third kappa shape index (κ3) is 1.63. The van der Waals surface area contributed by atoms with Crippen LogP contribution in [0, 0.1) is 6.92 Å². The van der Waals surface area contributed by atoms with Gasteiger partial charge < -0.3 is 9.38 Å². The monoisotopic (exact) mass is 225 g/mol. The molecule has 0 amide bonds. The van der Waals surface area contributed by atoms with Crippen LogP contribution < -0.4 is 5.56 Å². The zero-order valence-corrected chi connectivity index (χ0v) is 9.34. The minimum atomic E-state index is -0.173. The van der Waals surface area contributed by atoms with E-state index in [1.807, 2.05) is 37.4 Å². The van der Waals surface area contributed by atoms with E-state index in [4.69, 9.17) is 0 Å². The van der Waals surface area contributed by atoms with Gasteiger partial charge in [0.2, 0.25) is 5.65 Å². The Morgan fingerprint density at radius 3 is 2.76 bits per heavy atom. The van der Waals surface area contributed by atoms with Gasteiger partial charge in [-0.15, -0.1) is 0 Å². The first-order valence-electron chi connectivity index (χ1n) is 5.37. The first-order valence-corrected chi connectivity index (χ1v) is 5.37. The molecule has 0 saturated carbocycles. The van der Waals surface area contributed by atoms with Crippen molar-refractivity contribution >= 4 is 5.65 Å². The summed E-state index contributed by atoms with van der Waals surface area (Å²) in [6, 6.07) is 8.02. The number of rotatable bonds is 1. The molecule has 0 unspecified atom stereocenters. The lowest BCUT2D eigenvalue weighted by atomic mass is 10.1. The maximum Gasteiger partial charge on any atom is 0.292 e. The number of benzene rings is 1. The molecule has 1 aromatic carbocycles. The first kappa shape index (κ1) is 9.84. The number of nitrogens with one attached hydrogen (secondary N) is 1. The van der Waals surface area contributed by atoms with Gasteiger partial charge in [-0.2, -0.15) is 0 Å². The Labute approximate surface area is 97.6 Å². The summed E-state index contributed by atoms with van der Waals surface area (Å²) >= 11 is 0. The van der Waals surface area contributed by atoms with Crippen LogP contribution in [-0.2, 0) is 0 Å². The van der Waals surface area contributed by atoms with Crippen LogP contribution in [-0.4, -0.2) is 14.4 Å². The number of aromatic nitrogens is 3. The predicted octanol–water partition coefficient (Wildman–Crippen LogP) is 2.00. The minimum Gasteiger partial charge on any atom is -0.317 e. The number of hydrogen-bond donors (Lipinski definition) is 1. The largest absolute Gasteiger partial charge is 0.317 e. The van der Waals surface area contributed by atoms with Gasteiger partial charge in [-0.25, -0.2) is 4.98 Å². The van der Waals surface area contributed by atoms with Crippen molar-refractivity contribution in [3.05, 3.63) is 58.8 Å². The SMILES string of the molecule is Cc1ccc(-c2cn3ccnc3c(=O)[nH]2)cc1. The summed E-state index contributed by atoms with van der Waals surface area (Å²) in [7, 11) is 0. The molecule has 0 radical (unpaired) electrons. The summed E-state index contributed by atoms with van der Waals surface area (Å²) in [5, 5.41) is 0. The molecule has 84 valence electrons. The van der Waals surface area contributed by atoms with E-state index in [0.29, 0.717) is 5.65 Å². The van der Waals surface area contributed by atoms with Gasteiger partial charge in [-0.1, -0.05) is 29.8 Å². The second kappa shape index (κ2) is 3.59. The minimum absolute atomic E-state index is 0.173. The molecular weight excluding hydrogens is 214 g/mol. The highest BCUT2D eigenvalue weighted by atomic mass is 16.1. The highest BCUT2D eigenvalue weighted by Crippen LogP contribution is 2.16. The molecule has 3 aromatic rings. The van der Waals surface area contributed by atoms with Gasteiger partial charge in [0.25, 0.3) is 5.56 Å². The molecule has 2 heterocycles. The zero-order valence-electron chi connectivity index (χ0n) is 9.34. The van der Waals surface area contributed by atoms with Gasteiger partial charge >= 0.3 is 0 Å². The lowest BCUT2D eigenvalue weighted by molar-refractivity contribution is 1.09. The second-order valence-electron chi connectivity index (χ2n) is 4.02. The van der Waals surface area contributed by atoms with E-state index in [0.717, 1.165) is 11.3 Å². The molecule has 0 atom stereocenters. The molecule has 3 rings (SSSR count). The quantitative estimate of drug-likeness (QED) is 0.688. The number of hydrogen-bond acceptors (Lipinski definition) is 2. The van der Waals surface area contributed by atoms with E-state index in [-0.39, 0.29) is 5.56 Å². The Hall–Kier alpha value is -2.36. The molecule has 1 N–H and O–H groups in total. The summed E-state index contributed by atoms with van der Waals surface area (Å²) in [6.45, 7) is 2.03. The highest BCUT2D eigenvalue weighted by Gasteiger charge is 2.04. The first-order chi connectivity index (χ1) is 8.24. The lowest BCUT2D eigenvalue weighted by Gasteiger charge is -2.03. The van der Waals surface area contributed by atoms with Crippen LogP contribution in [0.4, 0.5) is 0 Å². The number of imidazole rings is 1. The molecule has 17 heavy (non-hydrogen) atoms. The Balaban J connectivity index is 2.23. The summed E-state index contributed by atoms with van der Waals surface area (Å²) in [5.74, 6) is 0. The van der Waals surface area contributed by atoms with Crippen molar-refractivity contribution < 1.29 is 0 Å². The smallest absolute Gasteiger partial charge is 0.292 e. The molecule has 0 spiro atoms. The van der Waals surface area contributed by atoms with Crippen molar-refractivity contribution in [3.63, 3.8) is 0 Å². The van der Waals surface area contributed by atoms with E-state index in [1.54, 1.807) is 16.8 Å². The van der Waals surface area contributed by atoms with E-state index in [2.05, 4.69) is 9.97 Å². The maximum absolute atomic E-state index is 11.8. The van der Waals surface area contributed by atoms with Crippen molar-refractivity contribution in [2.75, 3.05) is 0 Å². The Bertz CT molecular complexity index is 722. The highest BCUT2D eigenvalue weighted by molar-refractivity contribution is 5.59. The molecule has 2 aromatic heterocycles. The van der Waals surface area contributed by atoms with Crippen molar-refractivity contribution in [2.45, 2.75) is 6.92 Å². The van der Waals surface area contributed by atoms with Gasteiger partial charge in [-0.05, 0) is 12.5 Å². The van der Waals surface area contributed by atoms with Gasteiger partial charge in [0.1, 0.15) is 0 Å². The number of H-pyrrole nitrogens is 1. The average Bonchev–Trinajstić information content (AvgIpc) is 2.78. The third-order valence-corrected chi connectivity index (χ3v) is 2.75. The summed E-state index contributed by atoms with van der Waals surface area (Å²) in [6.07, 6.45) is 5.25. The fourth-order valence-corrected chi connectivity index (χ4v) is 1.82. The van der Waals surface area contributed by atoms with Crippen LogP contribution in [0.25, 0.3) is 16.9 Å². The molecule has 0 bridgehead atoms. The molecule has 0 saturated heterocycles. The van der Waals surface area contributed by atoms with Crippen LogP contribution in [0.1, 0.15) is 5.56 Å². The number of fused-ring (bicyclic) bond motifs is 1. The Kier molecular flexibility index (Phi) is 2.08. The summed E-state index contributed by atoms with van der Waals surface area (Å²) in [4.78, 5) is 18.6. The van der Waals surface area contributed by atoms with Crippen LogP contribution in [0.15, 0.2) is 47.7 Å². The molecular formula is C13H11N3O. The van der Waals surface area contributed by atoms with Crippen LogP contribution >= 0.6 is 0 Å². The van der Waals surface area contributed by atoms with Gasteiger partial charge in [0.15, 0.2) is 0 Å². The van der Waals surface area contributed by atoms with E-state index >= 15 is 0 Å². The van der Waals surface area contributed by atoms with Gasteiger partial charge in [0, 0.05) is 18.6 Å². The second-order valence-corrected chi connectivity index (χ2v) is 4.02. The van der Waals surface area contributed by atoms with Gasteiger partial charge in [0.05, 0.1) is 5.69 Å². The fourth-order valence-electron chi connectivity index (χ4n) is 1.82. The fraction of sp³-hybridized carbons (Fsp3) is 0.0769. The Morgan fingerprint density at radius 2 is 2.00 bits per heavy atom. The summed E-state index contributed by atoms with van der Waals surface area (Å²) in [5.41, 5.74) is 3.22. The topological polar surface area (TPSA) is 50.2 Å². The summed E-state index contributed by atoms with van der Waals surface area (Å²) < 4.78 is 1.73. The average molecular weight is 225 g/mol. The van der Waals surface area contributed by atoms with E-state index in [1.165, 1.54) is 5.56 Å². The van der Waals surface area contributed by atoms with Crippen LogP contribution in [0.3, 0.4) is 0 Å². The Morgan fingerprint density at radius 1 is 1.24 bits per heavy atom. The molecule has 0 aliphatic carbocycles. The van der Waals surface area contributed by atoms with Crippen LogP contribution in [0.2, 0.25) is 0 Å². The number of aryl methyl sites for hydroxylation is 1. The molecule has 0 aliphatic rings. The van der Waals surface area contributed by atoms with Crippen molar-refractivity contribution in [2.24, 2.45) is 0 Å². The maximum atomic E-state index is 11.8. The normalized spacial score (nSPS) is 10.9. The van der Waals surface area contributed by atoms with Gasteiger partial charge in [-0.3, -0.25) is 4.79 Å². The number of nitrogens with zero attached hydrogens (tertiary/aromatic N) is 2. The van der Waals surface area contributed by atoms with E-state index < -0.39 is 0 Å². The molecule has 0 aliphatic heterocycles. The number of aromatic amines is 1. The predicted molar refractivity (Wildman–Crippen MR) is 66.0 cm³/mol. The van der Waals surface area contributed by atoms with E-state index in [9.17, 15) is 4.79 Å². The standard InChI is InChI=1S/C13H11N3O/c1-9-2-4-10(5-3-9)11-8-16-7-6-14-12(16)13(17)15-11/h2-8H,1H3,(H,15,17). The van der Waals surface area contributed by atoms with Crippen molar-refractivity contribution in [1.82, 2.24) is 14.4 Å².